The second kappa shape index (κ2) is 8.64. The Labute approximate surface area is 187 Å². The number of aromatic carboxylic acids is 1. The monoisotopic (exact) mass is 449 g/mol. The number of carbonyl (C=O) groups is 2. The van der Waals surface area contributed by atoms with Gasteiger partial charge in [-0.1, -0.05) is 17.7 Å². The van der Waals surface area contributed by atoms with E-state index in [1.807, 2.05) is 25.1 Å². The average Bonchev–Trinajstić information content (AvgIpc) is 3.06. The molecule has 0 atom stereocenters. The van der Waals surface area contributed by atoms with Crippen molar-refractivity contribution in [2.24, 2.45) is 5.10 Å². The number of carboxylic acid groups (broad SMARTS) is 1. The summed E-state index contributed by atoms with van der Waals surface area (Å²) in [5.41, 5.74) is 6.23. The first-order valence-electron chi connectivity index (χ1n) is 9.58. The smallest absolute Gasteiger partial charge is 0.337 e. The molecule has 0 aliphatic heterocycles. The molecule has 0 spiro atoms. The molecule has 0 amide bonds. The molecule has 2 aromatic carbocycles. The molecule has 0 radical (unpaired) electrons. The number of rotatable bonds is 6. The van der Waals surface area contributed by atoms with Gasteiger partial charge in [-0.3, -0.25) is 10.2 Å². The molecule has 4 aromatic rings. The van der Waals surface area contributed by atoms with Gasteiger partial charge >= 0.3 is 5.97 Å². The minimum Gasteiger partial charge on any atom is -0.478 e. The highest BCUT2D eigenvalue weighted by Crippen LogP contribution is 2.25. The summed E-state index contributed by atoms with van der Waals surface area (Å²) in [5.74, 6) is -1.79. The van der Waals surface area contributed by atoms with E-state index in [1.54, 1.807) is 22.9 Å². The number of hydrogen-bond donors (Lipinski definition) is 2. The Morgan fingerprint density at radius 2 is 1.88 bits per heavy atom. The Hall–Kier alpha value is -3.97. The van der Waals surface area contributed by atoms with Gasteiger partial charge in [0.15, 0.2) is 0 Å². The van der Waals surface area contributed by atoms with Crippen molar-refractivity contribution in [3.8, 4) is 0 Å². The van der Waals surface area contributed by atoms with Gasteiger partial charge < -0.3 is 9.51 Å². The number of fused-ring (bicyclic) bond motifs is 1. The van der Waals surface area contributed by atoms with Crippen LogP contribution < -0.4 is 5.43 Å². The average molecular weight is 450 g/mol. The third-order valence-electron chi connectivity index (χ3n) is 5.04. The maximum Gasteiger partial charge on any atom is 0.337 e. The maximum absolute atomic E-state index is 13.3. The number of hydrogen-bond acceptors (Lipinski definition) is 4. The number of halogens is 2. The molecular formula is C24H17ClFN3O3. The number of benzene rings is 2. The molecule has 2 N–H and O–H groups in total. The molecule has 2 heterocycles. The zero-order valence-corrected chi connectivity index (χ0v) is 17.6. The van der Waals surface area contributed by atoms with Gasteiger partial charge in [-0.2, -0.15) is 5.10 Å². The number of pyridine rings is 1. The predicted molar refractivity (Wildman–Crippen MR) is 122 cm³/mol. The fourth-order valence-corrected chi connectivity index (χ4v) is 3.67. The standard InChI is InChI=1S/C24H17ClFN3O3/c1-14-19(13-27-28-17-9-10-20(25)18(12-17)24(31)32)21-4-2-3-11-29(21)22(14)23(30)15-5-7-16(26)8-6-15/h2-13,28H,1H3,(H,31,32)/b27-13-. The Morgan fingerprint density at radius 3 is 2.59 bits per heavy atom. The summed E-state index contributed by atoms with van der Waals surface area (Å²) in [6.45, 7) is 1.82. The van der Waals surface area contributed by atoms with Gasteiger partial charge in [-0.25, -0.2) is 9.18 Å². The second-order valence-electron chi connectivity index (χ2n) is 7.05. The van der Waals surface area contributed by atoms with Crippen LogP contribution in [0, 0.1) is 12.7 Å². The van der Waals surface area contributed by atoms with Crippen molar-refractivity contribution in [3.05, 3.63) is 106 Å². The lowest BCUT2D eigenvalue weighted by Gasteiger charge is -2.04. The molecule has 2 aromatic heterocycles. The molecule has 0 unspecified atom stereocenters. The summed E-state index contributed by atoms with van der Waals surface area (Å²) in [4.78, 5) is 24.4. The first kappa shape index (κ1) is 21.3. The summed E-state index contributed by atoms with van der Waals surface area (Å²) in [6.07, 6.45) is 3.35. The van der Waals surface area contributed by atoms with Gasteiger partial charge in [0.25, 0.3) is 0 Å². The van der Waals surface area contributed by atoms with Crippen LogP contribution in [0.4, 0.5) is 10.1 Å². The molecule has 32 heavy (non-hydrogen) atoms. The molecule has 8 heteroatoms. The van der Waals surface area contributed by atoms with Gasteiger partial charge in [0.2, 0.25) is 5.78 Å². The van der Waals surface area contributed by atoms with E-state index in [9.17, 15) is 19.1 Å². The van der Waals surface area contributed by atoms with Crippen molar-refractivity contribution in [1.29, 1.82) is 0 Å². The minimum atomic E-state index is -1.14. The van der Waals surface area contributed by atoms with Gasteiger partial charge in [0, 0.05) is 17.3 Å². The third-order valence-corrected chi connectivity index (χ3v) is 5.37. The van der Waals surface area contributed by atoms with E-state index in [2.05, 4.69) is 10.5 Å². The van der Waals surface area contributed by atoms with Gasteiger partial charge in [0.05, 0.1) is 33.7 Å². The minimum absolute atomic E-state index is 0.0375. The van der Waals surface area contributed by atoms with Crippen molar-refractivity contribution in [1.82, 2.24) is 4.40 Å². The fraction of sp³-hybridized carbons (Fsp3) is 0.0417. The quantitative estimate of drug-likeness (QED) is 0.234. The lowest BCUT2D eigenvalue weighted by atomic mass is 10.0. The van der Waals surface area contributed by atoms with Crippen LogP contribution in [0.2, 0.25) is 5.02 Å². The molecule has 0 saturated heterocycles. The lowest BCUT2D eigenvalue weighted by Crippen LogP contribution is -2.07. The highest BCUT2D eigenvalue weighted by molar-refractivity contribution is 6.33. The number of carbonyl (C=O) groups excluding carboxylic acids is 1. The van der Waals surface area contributed by atoms with E-state index in [0.717, 1.165) is 11.1 Å². The topological polar surface area (TPSA) is 83.2 Å². The summed E-state index contributed by atoms with van der Waals surface area (Å²) >= 11 is 5.90. The zero-order valence-electron chi connectivity index (χ0n) is 16.8. The zero-order chi connectivity index (χ0) is 22.8. The fourth-order valence-electron chi connectivity index (χ4n) is 3.47. The van der Waals surface area contributed by atoms with E-state index in [1.165, 1.54) is 36.4 Å². The molecular weight excluding hydrogens is 433 g/mol. The molecule has 0 bridgehead atoms. The molecule has 0 saturated carbocycles. The van der Waals surface area contributed by atoms with Crippen molar-refractivity contribution in [2.45, 2.75) is 6.92 Å². The van der Waals surface area contributed by atoms with Crippen molar-refractivity contribution < 1.29 is 19.1 Å². The SMILES string of the molecule is Cc1c(/C=N\Nc2ccc(Cl)c(C(=O)O)c2)c2ccccn2c1C(=O)c1ccc(F)cc1. The second-order valence-corrected chi connectivity index (χ2v) is 7.46. The van der Waals surface area contributed by atoms with Crippen LogP contribution >= 0.6 is 11.6 Å². The van der Waals surface area contributed by atoms with Crippen LogP contribution in [0.5, 0.6) is 0 Å². The number of anilines is 1. The van der Waals surface area contributed by atoms with Crippen molar-refractivity contribution in [2.75, 3.05) is 5.43 Å². The van der Waals surface area contributed by atoms with Crippen LogP contribution in [0.1, 0.15) is 37.5 Å². The van der Waals surface area contributed by atoms with Crippen molar-refractivity contribution in [3.63, 3.8) is 0 Å². The maximum atomic E-state index is 13.3. The van der Waals surface area contributed by atoms with E-state index in [-0.39, 0.29) is 16.4 Å². The highest BCUT2D eigenvalue weighted by atomic mass is 35.5. The number of carboxylic acids is 1. The normalized spacial score (nSPS) is 11.2. The number of aromatic nitrogens is 1. The summed E-state index contributed by atoms with van der Waals surface area (Å²) in [7, 11) is 0. The van der Waals surface area contributed by atoms with E-state index < -0.39 is 11.8 Å². The third kappa shape index (κ3) is 3.98. The molecule has 160 valence electrons. The Morgan fingerprint density at radius 1 is 1.12 bits per heavy atom. The first-order chi connectivity index (χ1) is 15.4. The Balaban J connectivity index is 1.70. The predicted octanol–water partition coefficient (Wildman–Crippen LogP) is 5.42. The van der Waals surface area contributed by atoms with Crippen LogP contribution in [0.3, 0.4) is 0 Å². The molecule has 0 aliphatic rings. The van der Waals surface area contributed by atoms with Gasteiger partial charge in [-0.15, -0.1) is 0 Å². The van der Waals surface area contributed by atoms with Gasteiger partial charge in [0.1, 0.15) is 5.82 Å². The van der Waals surface area contributed by atoms with E-state index in [4.69, 9.17) is 11.6 Å². The Bertz CT molecular complexity index is 1380. The summed E-state index contributed by atoms with van der Waals surface area (Å²) < 4.78 is 15.0. The number of nitrogens with zero attached hydrogens (tertiary/aromatic N) is 2. The first-order valence-corrected chi connectivity index (χ1v) is 9.96. The molecule has 6 nitrogen and oxygen atoms in total. The lowest BCUT2D eigenvalue weighted by molar-refractivity contribution is 0.0697. The van der Waals surface area contributed by atoms with Gasteiger partial charge in [-0.05, 0) is 67.1 Å². The van der Waals surface area contributed by atoms with E-state index >= 15 is 0 Å². The van der Waals surface area contributed by atoms with Crippen LogP contribution in [-0.4, -0.2) is 27.5 Å². The number of hydrazone groups is 1. The van der Waals surface area contributed by atoms with Crippen LogP contribution in [0.25, 0.3) is 5.52 Å². The number of nitrogens with one attached hydrogen (secondary N) is 1. The van der Waals surface area contributed by atoms with Crippen LogP contribution in [-0.2, 0) is 0 Å². The molecule has 0 aliphatic carbocycles. The van der Waals surface area contributed by atoms with E-state index in [0.29, 0.717) is 22.5 Å². The Kier molecular flexibility index (Phi) is 5.75. The largest absolute Gasteiger partial charge is 0.478 e. The molecule has 0 fully saturated rings. The summed E-state index contributed by atoms with van der Waals surface area (Å²) in [5, 5.41) is 13.6. The number of ketones is 1. The van der Waals surface area contributed by atoms with Crippen LogP contribution in [0.15, 0.2) is 72.0 Å². The highest BCUT2D eigenvalue weighted by Gasteiger charge is 2.21. The summed E-state index contributed by atoms with van der Waals surface area (Å²) in [6, 6.07) is 15.4. The molecule has 4 rings (SSSR count). The van der Waals surface area contributed by atoms with Crippen molar-refractivity contribution >= 4 is 40.8 Å².